The molecule has 1 aromatic rings. The van der Waals surface area contributed by atoms with E-state index in [2.05, 4.69) is 15.3 Å². The Labute approximate surface area is 102 Å². The van der Waals surface area contributed by atoms with Crippen molar-refractivity contribution >= 4 is 23.4 Å². The molecule has 1 aliphatic rings. The molecule has 1 aliphatic heterocycles. The van der Waals surface area contributed by atoms with Gasteiger partial charge in [-0.2, -0.15) is 4.98 Å². The van der Waals surface area contributed by atoms with Crippen LogP contribution < -0.4 is 5.32 Å². The van der Waals surface area contributed by atoms with Crippen LogP contribution in [-0.2, 0) is 4.74 Å². The molecular weight excluding hydrogens is 244 g/mol. The van der Waals surface area contributed by atoms with Gasteiger partial charge in [-0.1, -0.05) is 11.8 Å². The first-order valence-corrected chi connectivity index (χ1v) is 6.08. The number of nitrogens with zero attached hydrogens (tertiary/aromatic N) is 3. The van der Waals surface area contributed by atoms with E-state index in [1.807, 2.05) is 6.92 Å². The van der Waals surface area contributed by atoms with Gasteiger partial charge in [-0.15, -0.1) is 0 Å². The van der Waals surface area contributed by atoms with E-state index in [1.54, 1.807) is 0 Å². The van der Waals surface area contributed by atoms with Gasteiger partial charge in [0.2, 0.25) is 5.95 Å². The molecule has 0 unspecified atom stereocenters. The van der Waals surface area contributed by atoms with Gasteiger partial charge in [0.1, 0.15) is 6.20 Å². The zero-order chi connectivity index (χ0) is 12.3. The van der Waals surface area contributed by atoms with Gasteiger partial charge in [0, 0.05) is 6.54 Å². The average Bonchev–Trinajstić information content (AvgIpc) is 2.24. The van der Waals surface area contributed by atoms with E-state index in [0.717, 1.165) is 0 Å². The van der Waals surface area contributed by atoms with Gasteiger partial charge in [0.25, 0.3) is 0 Å². The molecule has 1 aromatic heterocycles. The van der Waals surface area contributed by atoms with Gasteiger partial charge in [-0.05, 0) is 6.92 Å². The molecule has 0 aliphatic carbocycles. The van der Waals surface area contributed by atoms with E-state index < -0.39 is 4.92 Å². The van der Waals surface area contributed by atoms with Crippen LogP contribution in [0.2, 0.25) is 0 Å². The molecule has 1 fully saturated rings. The maximum Gasteiger partial charge on any atom is 0.319 e. The number of nitro groups is 1. The molecule has 0 amide bonds. The van der Waals surface area contributed by atoms with Crippen LogP contribution >= 0.6 is 11.8 Å². The van der Waals surface area contributed by atoms with Crippen molar-refractivity contribution in [2.45, 2.75) is 17.2 Å². The first-order valence-electron chi connectivity index (χ1n) is 5.20. The Hall–Kier alpha value is -1.41. The Morgan fingerprint density at radius 2 is 2.47 bits per heavy atom. The van der Waals surface area contributed by atoms with Crippen molar-refractivity contribution in [2.24, 2.45) is 0 Å². The lowest BCUT2D eigenvalue weighted by atomic mass is 10.4. The van der Waals surface area contributed by atoms with Gasteiger partial charge in [-0.25, -0.2) is 4.98 Å². The van der Waals surface area contributed by atoms with Crippen LogP contribution in [0.5, 0.6) is 0 Å². The molecule has 0 bridgehead atoms. The van der Waals surface area contributed by atoms with Gasteiger partial charge in [-0.3, -0.25) is 10.1 Å². The molecule has 2 heterocycles. The summed E-state index contributed by atoms with van der Waals surface area (Å²) in [7, 11) is 0. The number of hydrogen-bond acceptors (Lipinski definition) is 7. The smallest absolute Gasteiger partial charge is 0.319 e. The summed E-state index contributed by atoms with van der Waals surface area (Å²) in [6.45, 7) is 3.82. The second-order valence-electron chi connectivity index (χ2n) is 3.45. The highest BCUT2D eigenvalue weighted by atomic mass is 32.2. The van der Waals surface area contributed by atoms with Crippen LogP contribution in [0.4, 0.5) is 11.6 Å². The van der Waals surface area contributed by atoms with Crippen molar-refractivity contribution in [3.05, 3.63) is 16.3 Å². The summed E-state index contributed by atoms with van der Waals surface area (Å²) in [4.78, 5) is 18.4. The van der Waals surface area contributed by atoms with Gasteiger partial charge in [0.15, 0.2) is 5.03 Å². The minimum atomic E-state index is -0.461. The largest absolute Gasteiger partial charge is 0.379 e. The SMILES string of the molecule is CCNc1ncc([N+](=O)[O-])c(SC2COC2)n1. The zero-order valence-electron chi connectivity index (χ0n) is 9.25. The highest BCUT2D eigenvalue weighted by Crippen LogP contribution is 2.33. The average molecular weight is 256 g/mol. The highest BCUT2D eigenvalue weighted by Gasteiger charge is 2.26. The molecule has 92 valence electrons. The molecule has 7 nitrogen and oxygen atoms in total. The van der Waals surface area contributed by atoms with Crippen molar-refractivity contribution in [2.75, 3.05) is 25.1 Å². The number of thioether (sulfide) groups is 1. The molecule has 1 saturated heterocycles. The molecule has 0 atom stereocenters. The Morgan fingerprint density at radius 3 is 3.00 bits per heavy atom. The Kier molecular flexibility index (Phi) is 3.75. The lowest BCUT2D eigenvalue weighted by molar-refractivity contribution is -0.388. The standard InChI is InChI=1S/C9H12N4O3S/c1-2-10-9-11-3-7(13(14)15)8(12-9)17-6-4-16-5-6/h3,6H,2,4-5H2,1H3,(H,10,11,12). The number of nitrogens with one attached hydrogen (secondary N) is 1. The lowest BCUT2D eigenvalue weighted by Gasteiger charge is -2.24. The minimum absolute atomic E-state index is 0.0523. The summed E-state index contributed by atoms with van der Waals surface area (Å²) in [5.74, 6) is 0.417. The van der Waals surface area contributed by atoms with Crippen LogP contribution in [0, 0.1) is 10.1 Å². The van der Waals surface area contributed by atoms with Gasteiger partial charge < -0.3 is 10.1 Å². The summed E-state index contributed by atoms with van der Waals surface area (Å²) >= 11 is 1.37. The van der Waals surface area contributed by atoms with Crippen LogP contribution in [0.15, 0.2) is 11.2 Å². The van der Waals surface area contributed by atoms with Crippen molar-refractivity contribution in [3.8, 4) is 0 Å². The molecule has 8 heteroatoms. The number of aromatic nitrogens is 2. The summed E-state index contributed by atoms with van der Waals surface area (Å²) in [6, 6.07) is 0. The Balaban J connectivity index is 2.22. The van der Waals surface area contributed by atoms with E-state index in [4.69, 9.17) is 4.74 Å². The van der Waals surface area contributed by atoms with Gasteiger partial charge in [0.05, 0.1) is 23.4 Å². The lowest BCUT2D eigenvalue weighted by Crippen LogP contribution is -2.30. The molecule has 0 aromatic carbocycles. The van der Waals surface area contributed by atoms with Crippen molar-refractivity contribution in [3.63, 3.8) is 0 Å². The number of hydrogen-bond donors (Lipinski definition) is 1. The predicted molar refractivity (Wildman–Crippen MR) is 63.3 cm³/mol. The first-order chi connectivity index (χ1) is 8.20. The van der Waals surface area contributed by atoms with E-state index in [1.165, 1.54) is 18.0 Å². The zero-order valence-corrected chi connectivity index (χ0v) is 10.1. The third-order valence-electron chi connectivity index (χ3n) is 2.15. The van der Waals surface area contributed by atoms with Crippen molar-refractivity contribution in [1.82, 2.24) is 9.97 Å². The maximum absolute atomic E-state index is 10.8. The van der Waals surface area contributed by atoms with E-state index in [-0.39, 0.29) is 10.9 Å². The molecule has 17 heavy (non-hydrogen) atoms. The molecule has 0 radical (unpaired) electrons. The fourth-order valence-corrected chi connectivity index (χ4v) is 2.29. The highest BCUT2D eigenvalue weighted by molar-refractivity contribution is 8.00. The fraction of sp³-hybridized carbons (Fsp3) is 0.556. The third kappa shape index (κ3) is 2.83. The monoisotopic (exact) mass is 256 g/mol. The summed E-state index contributed by atoms with van der Waals surface area (Å²) in [5.41, 5.74) is -0.0523. The van der Waals surface area contributed by atoms with Crippen LogP contribution in [0.25, 0.3) is 0 Å². The van der Waals surface area contributed by atoms with Crippen molar-refractivity contribution in [1.29, 1.82) is 0 Å². The number of ether oxygens (including phenoxy) is 1. The van der Waals surface area contributed by atoms with E-state index in [9.17, 15) is 10.1 Å². The number of rotatable bonds is 5. The van der Waals surface area contributed by atoms with Crippen LogP contribution in [0.3, 0.4) is 0 Å². The van der Waals surface area contributed by atoms with E-state index in [0.29, 0.717) is 30.7 Å². The normalized spacial score (nSPS) is 15.4. The molecule has 0 spiro atoms. The minimum Gasteiger partial charge on any atom is -0.379 e. The second kappa shape index (κ2) is 5.28. The summed E-state index contributed by atoms with van der Waals surface area (Å²) < 4.78 is 5.04. The second-order valence-corrected chi connectivity index (χ2v) is 4.74. The predicted octanol–water partition coefficient (Wildman–Crippen LogP) is 1.31. The molecule has 0 saturated carbocycles. The number of anilines is 1. The molecule has 2 rings (SSSR count). The topological polar surface area (TPSA) is 90.2 Å². The summed E-state index contributed by atoms with van der Waals surface area (Å²) in [5, 5.41) is 14.4. The van der Waals surface area contributed by atoms with Crippen LogP contribution in [-0.4, -0.2) is 39.9 Å². The first kappa shape index (κ1) is 12.1. The van der Waals surface area contributed by atoms with E-state index >= 15 is 0 Å². The van der Waals surface area contributed by atoms with Crippen LogP contribution in [0.1, 0.15) is 6.92 Å². The molecular formula is C9H12N4O3S. The fourth-order valence-electron chi connectivity index (χ4n) is 1.26. The summed E-state index contributed by atoms with van der Waals surface area (Å²) in [6.07, 6.45) is 1.24. The Bertz CT molecular complexity index is 425. The molecule has 1 N–H and O–H groups in total. The quantitative estimate of drug-likeness (QED) is 0.482. The van der Waals surface area contributed by atoms with Crippen molar-refractivity contribution < 1.29 is 9.66 Å². The maximum atomic E-state index is 10.8. The van der Waals surface area contributed by atoms with Gasteiger partial charge >= 0.3 is 5.69 Å². The Morgan fingerprint density at radius 1 is 1.71 bits per heavy atom. The third-order valence-corrected chi connectivity index (χ3v) is 3.28.